The topological polar surface area (TPSA) is 237 Å². The molecular formula is C74H144O17P2. The van der Waals surface area contributed by atoms with E-state index in [0.29, 0.717) is 25.7 Å². The van der Waals surface area contributed by atoms with Crippen LogP contribution in [0.5, 0.6) is 0 Å². The molecule has 0 heterocycles. The van der Waals surface area contributed by atoms with Gasteiger partial charge in [-0.05, 0) is 31.6 Å². The van der Waals surface area contributed by atoms with Crippen molar-refractivity contribution >= 4 is 39.5 Å². The number of carbonyl (C=O) groups is 4. The van der Waals surface area contributed by atoms with Crippen LogP contribution in [0.3, 0.4) is 0 Å². The second kappa shape index (κ2) is 67.3. The van der Waals surface area contributed by atoms with Crippen LogP contribution in [0.2, 0.25) is 0 Å². The van der Waals surface area contributed by atoms with E-state index in [4.69, 9.17) is 37.0 Å². The number of aliphatic hydroxyl groups is 1. The molecule has 3 N–H and O–H groups in total. The van der Waals surface area contributed by atoms with E-state index >= 15 is 0 Å². The molecule has 5 atom stereocenters. The molecule has 0 saturated heterocycles. The molecule has 0 bridgehead atoms. The molecule has 0 aliphatic heterocycles. The first-order valence-corrected chi connectivity index (χ1v) is 41.6. The first kappa shape index (κ1) is 91.1. The molecular weight excluding hydrogens is 1220 g/mol. The van der Waals surface area contributed by atoms with Gasteiger partial charge in [0.1, 0.15) is 19.3 Å². The van der Waals surface area contributed by atoms with Crippen molar-refractivity contribution in [3.8, 4) is 0 Å². The number of phosphoric acid groups is 2. The smallest absolute Gasteiger partial charge is 0.462 e. The maximum absolute atomic E-state index is 13.1. The summed E-state index contributed by atoms with van der Waals surface area (Å²) in [6.07, 6.45) is 55.3. The predicted molar refractivity (Wildman–Crippen MR) is 377 cm³/mol. The monoisotopic (exact) mass is 1370 g/mol. The fourth-order valence-electron chi connectivity index (χ4n) is 11.4. The highest BCUT2D eigenvalue weighted by atomic mass is 31.2. The van der Waals surface area contributed by atoms with Crippen LogP contribution in [0.1, 0.15) is 388 Å². The SMILES string of the molecule is CCCCCCCCCCCCCCCCCC(=O)OC[C@H](COP(=O)(O)OC[C@@H](O)COP(=O)(O)OC[C@@H](COC(=O)CCCCCCCCCCCC)OC(=O)CCCCCCCCCCCCCC)OC(=O)CCCCCCCCCCCCCCCC(C)C. The zero-order valence-corrected chi connectivity index (χ0v) is 62.2. The van der Waals surface area contributed by atoms with E-state index in [-0.39, 0.29) is 25.7 Å². The Balaban J connectivity index is 5.24. The van der Waals surface area contributed by atoms with Gasteiger partial charge in [0.25, 0.3) is 0 Å². The van der Waals surface area contributed by atoms with Crippen molar-refractivity contribution in [1.82, 2.24) is 0 Å². The molecule has 0 radical (unpaired) electrons. The second-order valence-electron chi connectivity index (χ2n) is 27.2. The summed E-state index contributed by atoms with van der Waals surface area (Å²) in [7, 11) is -9.90. The van der Waals surface area contributed by atoms with Gasteiger partial charge < -0.3 is 33.8 Å². The second-order valence-corrected chi connectivity index (χ2v) is 30.1. The van der Waals surface area contributed by atoms with Crippen molar-refractivity contribution in [3.05, 3.63) is 0 Å². The third-order valence-electron chi connectivity index (χ3n) is 17.3. The number of unbranched alkanes of at least 4 members (excludes halogenated alkanes) is 46. The quantitative estimate of drug-likeness (QED) is 0.0222. The van der Waals surface area contributed by atoms with E-state index < -0.39 is 97.5 Å². The molecule has 0 fully saturated rings. The number of carbonyl (C=O) groups excluding carboxylic acids is 4. The van der Waals surface area contributed by atoms with E-state index in [9.17, 15) is 43.2 Å². The van der Waals surface area contributed by atoms with Gasteiger partial charge in [0.15, 0.2) is 12.2 Å². The third kappa shape index (κ3) is 68.4. The molecule has 0 rings (SSSR count). The average molecular weight is 1370 g/mol. The van der Waals surface area contributed by atoms with Crippen LogP contribution in [0, 0.1) is 5.92 Å². The number of phosphoric ester groups is 2. The Morgan fingerprint density at radius 1 is 0.290 bits per heavy atom. The molecule has 0 aliphatic carbocycles. The van der Waals surface area contributed by atoms with Crippen LogP contribution < -0.4 is 0 Å². The van der Waals surface area contributed by atoms with Gasteiger partial charge in [-0.2, -0.15) is 0 Å². The van der Waals surface area contributed by atoms with Crippen molar-refractivity contribution in [2.24, 2.45) is 5.92 Å². The van der Waals surface area contributed by atoms with Gasteiger partial charge in [-0.1, -0.05) is 336 Å². The van der Waals surface area contributed by atoms with E-state index in [1.165, 1.54) is 212 Å². The van der Waals surface area contributed by atoms with Crippen molar-refractivity contribution in [1.29, 1.82) is 0 Å². The number of rotatable bonds is 74. The molecule has 0 saturated carbocycles. The van der Waals surface area contributed by atoms with Gasteiger partial charge in [0.05, 0.1) is 26.4 Å². The van der Waals surface area contributed by atoms with Crippen LogP contribution in [-0.4, -0.2) is 96.7 Å². The van der Waals surface area contributed by atoms with Crippen LogP contribution in [0.25, 0.3) is 0 Å². The highest BCUT2D eigenvalue weighted by Crippen LogP contribution is 2.45. The lowest BCUT2D eigenvalue weighted by atomic mass is 10.0. The summed E-state index contributed by atoms with van der Waals surface area (Å²) in [5.74, 6) is -1.33. The normalized spacial score (nSPS) is 14.0. The standard InChI is InChI=1S/C74H144O17P2/c1-6-9-12-15-18-21-24-26-27-30-34-38-43-48-53-58-72(77)85-64-70(91-74(79)60-55-50-45-40-35-31-28-29-32-36-41-46-51-56-67(4)5)66-89-93(82,83)87-62-68(75)61-86-92(80,81)88-65-69(63-84-71(76)57-52-47-42-37-23-20-17-14-11-8-3)90-73(78)59-54-49-44-39-33-25-22-19-16-13-10-7-2/h67-70,75H,6-66H2,1-5H3,(H,80,81)(H,82,83)/t68-,69+,70+/m0/s1. The molecule has 0 aromatic rings. The predicted octanol–water partition coefficient (Wildman–Crippen LogP) is 21.7. The van der Waals surface area contributed by atoms with Gasteiger partial charge >= 0.3 is 39.5 Å². The molecule has 0 amide bonds. The van der Waals surface area contributed by atoms with Gasteiger partial charge in [-0.3, -0.25) is 37.3 Å². The first-order valence-electron chi connectivity index (χ1n) is 38.6. The van der Waals surface area contributed by atoms with Crippen LogP contribution >= 0.6 is 15.6 Å². The van der Waals surface area contributed by atoms with Crippen molar-refractivity contribution in [3.63, 3.8) is 0 Å². The Hall–Kier alpha value is -1.94. The van der Waals surface area contributed by atoms with Crippen LogP contribution in [0.15, 0.2) is 0 Å². The van der Waals surface area contributed by atoms with Crippen LogP contribution in [-0.2, 0) is 65.4 Å². The Bertz CT molecular complexity index is 1790. The molecule has 93 heavy (non-hydrogen) atoms. The molecule has 0 aromatic heterocycles. The van der Waals surface area contributed by atoms with Crippen molar-refractivity contribution in [2.75, 3.05) is 39.6 Å². The number of esters is 4. The molecule has 19 heteroatoms. The third-order valence-corrected chi connectivity index (χ3v) is 19.2. The largest absolute Gasteiger partial charge is 0.472 e. The Labute approximate surface area is 568 Å². The van der Waals surface area contributed by atoms with Gasteiger partial charge in [0.2, 0.25) is 0 Å². The zero-order valence-electron chi connectivity index (χ0n) is 60.4. The molecule has 0 aliphatic rings. The Morgan fingerprint density at radius 3 is 0.731 bits per heavy atom. The molecule has 17 nitrogen and oxygen atoms in total. The van der Waals surface area contributed by atoms with Crippen LogP contribution in [0.4, 0.5) is 0 Å². The highest BCUT2D eigenvalue weighted by molar-refractivity contribution is 7.47. The van der Waals surface area contributed by atoms with E-state index in [2.05, 4.69) is 34.6 Å². The Kier molecular flexibility index (Phi) is 65.9. The molecule has 2 unspecified atom stereocenters. The highest BCUT2D eigenvalue weighted by Gasteiger charge is 2.30. The lowest BCUT2D eigenvalue weighted by Gasteiger charge is -2.21. The Morgan fingerprint density at radius 2 is 0.495 bits per heavy atom. The summed E-state index contributed by atoms with van der Waals surface area (Å²) < 4.78 is 68.4. The minimum atomic E-state index is -4.95. The van der Waals surface area contributed by atoms with Gasteiger partial charge in [0, 0.05) is 25.7 Å². The van der Waals surface area contributed by atoms with Gasteiger partial charge in [-0.25, -0.2) is 9.13 Å². The zero-order chi connectivity index (χ0) is 68.4. The molecule has 552 valence electrons. The number of hydrogen-bond acceptors (Lipinski definition) is 15. The number of ether oxygens (including phenoxy) is 4. The summed E-state index contributed by atoms with van der Waals surface area (Å²) in [6.45, 7) is 7.29. The maximum Gasteiger partial charge on any atom is 0.472 e. The minimum absolute atomic E-state index is 0.108. The fraction of sp³-hybridized carbons (Fsp3) is 0.946. The lowest BCUT2D eigenvalue weighted by molar-refractivity contribution is -0.161. The molecule has 0 spiro atoms. The van der Waals surface area contributed by atoms with Crippen molar-refractivity contribution < 1.29 is 80.2 Å². The molecule has 0 aromatic carbocycles. The number of hydrogen-bond donors (Lipinski definition) is 3. The summed E-state index contributed by atoms with van der Waals surface area (Å²) in [6, 6.07) is 0. The maximum atomic E-state index is 13.1. The van der Waals surface area contributed by atoms with Crippen molar-refractivity contribution in [2.45, 2.75) is 406 Å². The summed E-state index contributed by atoms with van der Waals surface area (Å²) in [5, 5.41) is 10.6. The minimum Gasteiger partial charge on any atom is -0.462 e. The lowest BCUT2D eigenvalue weighted by Crippen LogP contribution is -2.30. The summed E-state index contributed by atoms with van der Waals surface area (Å²) in [5.41, 5.74) is 0. The summed E-state index contributed by atoms with van der Waals surface area (Å²) in [4.78, 5) is 72.7. The van der Waals surface area contributed by atoms with E-state index in [0.717, 1.165) is 95.8 Å². The van der Waals surface area contributed by atoms with E-state index in [1.54, 1.807) is 0 Å². The number of aliphatic hydroxyl groups excluding tert-OH is 1. The first-order chi connectivity index (χ1) is 45.0. The van der Waals surface area contributed by atoms with E-state index in [1.807, 2.05) is 0 Å². The summed E-state index contributed by atoms with van der Waals surface area (Å²) >= 11 is 0. The average Bonchev–Trinajstić information content (AvgIpc) is 3.52. The fourth-order valence-corrected chi connectivity index (χ4v) is 12.9. The van der Waals surface area contributed by atoms with Gasteiger partial charge in [-0.15, -0.1) is 0 Å².